The Kier molecular flexibility index (Phi) is 5.36. The molecular weight excluding hydrogens is 260 g/mol. The molecule has 0 aromatic heterocycles. The predicted molar refractivity (Wildman–Crippen MR) is 84.2 cm³/mol. The number of rotatable bonds is 6. The third-order valence-corrected chi connectivity index (χ3v) is 3.48. The molecule has 2 aromatic rings. The molecule has 0 saturated carbocycles. The van der Waals surface area contributed by atoms with E-state index in [2.05, 4.69) is 30.1 Å². The van der Waals surface area contributed by atoms with Gasteiger partial charge in [-0.1, -0.05) is 24.3 Å². The van der Waals surface area contributed by atoms with E-state index in [1.54, 1.807) is 7.11 Å². The van der Waals surface area contributed by atoms with Crippen LogP contribution in [-0.4, -0.2) is 25.6 Å². The lowest BCUT2D eigenvalue weighted by molar-refractivity contribution is 0.331. The minimum absolute atomic E-state index is 0.708. The summed E-state index contributed by atoms with van der Waals surface area (Å²) in [6.45, 7) is 1.88. The van der Waals surface area contributed by atoms with Crippen LogP contribution in [0.15, 0.2) is 48.5 Å². The Hall–Kier alpha value is -2.31. The topological polar surface area (TPSA) is 36.3 Å². The molecule has 0 unspecified atom stereocenters. The van der Waals surface area contributed by atoms with Crippen LogP contribution in [0.25, 0.3) is 0 Å². The maximum atomic E-state index is 8.79. The first-order valence-electron chi connectivity index (χ1n) is 7.02. The third-order valence-electron chi connectivity index (χ3n) is 3.48. The van der Waals surface area contributed by atoms with Gasteiger partial charge in [0.2, 0.25) is 0 Å². The number of nitriles is 1. The molecular formula is C18H20N2O. The van der Waals surface area contributed by atoms with Crippen molar-refractivity contribution in [1.29, 1.82) is 5.26 Å². The average Bonchev–Trinajstić information content (AvgIpc) is 2.54. The van der Waals surface area contributed by atoms with Crippen molar-refractivity contribution >= 4 is 0 Å². The molecule has 0 radical (unpaired) electrons. The number of hydrogen-bond acceptors (Lipinski definition) is 3. The van der Waals surface area contributed by atoms with Crippen LogP contribution in [0.2, 0.25) is 0 Å². The molecule has 0 N–H and O–H groups in total. The summed E-state index contributed by atoms with van der Waals surface area (Å²) < 4.78 is 5.16. The Morgan fingerprint density at radius 3 is 2.19 bits per heavy atom. The summed E-state index contributed by atoms with van der Waals surface area (Å²) in [4.78, 5) is 2.28. The molecule has 0 aliphatic carbocycles. The molecule has 3 nitrogen and oxygen atoms in total. The Balaban J connectivity index is 1.83. The zero-order chi connectivity index (χ0) is 15.1. The monoisotopic (exact) mass is 280 g/mol. The van der Waals surface area contributed by atoms with Gasteiger partial charge in [0, 0.05) is 13.1 Å². The smallest absolute Gasteiger partial charge is 0.118 e. The molecule has 0 atom stereocenters. The van der Waals surface area contributed by atoms with Gasteiger partial charge in [0.05, 0.1) is 18.7 Å². The maximum absolute atomic E-state index is 8.79. The first-order chi connectivity index (χ1) is 10.2. The molecule has 108 valence electrons. The first-order valence-corrected chi connectivity index (χ1v) is 7.02. The fraction of sp³-hybridized carbons (Fsp3) is 0.278. The highest BCUT2D eigenvalue weighted by molar-refractivity contribution is 5.31. The van der Waals surface area contributed by atoms with Crippen LogP contribution in [0.5, 0.6) is 5.75 Å². The van der Waals surface area contributed by atoms with Gasteiger partial charge >= 0.3 is 0 Å². The third kappa shape index (κ3) is 4.62. The molecule has 0 spiro atoms. The first kappa shape index (κ1) is 15.1. The SMILES string of the molecule is COc1ccc(CCN(C)Cc2ccc(C#N)cc2)cc1. The van der Waals surface area contributed by atoms with E-state index in [1.165, 1.54) is 11.1 Å². The number of nitrogens with zero attached hydrogens (tertiary/aromatic N) is 2. The lowest BCUT2D eigenvalue weighted by atomic mass is 10.1. The highest BCUT2D eigenvalue weighted by Gasteiger charge is 2.02. The quantitative estimate of drug-likeness (QED) is 0.815. The van der Waals surface area contributed by atoms with Gasteiger partial charge in [-0.15, -0.1) is 0 Å². The fourth-order valence-corrected chi connectivity index (χ4v) is 2.19. The minimum Gasteiger partial charge on any atom is -0.497 e. The molecule has 2 rings (SSSR count). The van der Waals surface area contributed by atoms with Crippen molar-refractivity contribution in [3.05, 3.63) is 65.2 Å². The average molecular weight is 280 g/mol. The molecule has 0 heterocycles. The van der Waals surface area contributed by atoms with Crippen molar-refractivity contribution in [3.63, 3.8) is 0 Å². The number of benzene rings is 2. The van der Waals surface area contributed by atoms with Gasteiger partial charge in [-0.2, -0.15) is 5.26 Å². The van der Waals surface area contributed by atoms with E-state index in [9.17, 15) is 0 Å². The highest BCUT2D eigenvalue weighted by Crippen LogP contribution is 2.12. The van der Waals surface area contributed by atoms with Crippen molar-refractivity contribution in [3.8, 4) is 11.8 Å². The molecule has 0 saturated heterocycles. The van der Waals surface area contributed by atoms with E-state index >= 15 is 0 Å². The summed E-state index contributed by atoms with van der Waals surface area (Å²) in [6.07, 6.45) is 1.01. The van der Waals surface area contributed by atoms with Gasteiger partial charge in [-0.3, -0.25) is 0 Å². The normalized spacial score (nSPS) is 10.4. The summed E-state index contributed by atoms with van der Waals surface area (Å²) in [7, 11) is 3.79. The van der Waals surface area contributed by atoms with E-state index in [1.807, 2.05) is 36.4 Å². The van der Waals surface area contributed by atoms with Crippen LogP contribution in [0, 0.1) is 11.3 Å². The van der Waals surface area contributed by atoms with Crippen LogP contribution < -0.4 is 4.74 Å². The van der Waals surface area contributed by atoms with Gasteiger partial charge in [-0.05, 0) is 48.9 Å². The van der Waals surface area contributed by atoms with Gasteiger partial charge in [-0.25, -0.2) is 0 Å². The number of ether oxygens (including phenoxy) is 1. The molecule has 0 fully saturated rings. The lowest BCUT2D eigenvalue weighted by Gasteiger charge is -2.16. The van der Waals surface area contributed by atoms with E-state index in [-0.39, 0.29) is 0 Å². The fourth-order valence-electron chi connectivity index (χ4n) is 2.19. The molecule has 0 aliphatic rings. The Morgan fingerprint density at radius 2 is 1.62 bits per heavy atom. The van der Waals surface area contributed by atoms with Crippen LogP contribution in [-0.2, 0) is 13.0 Å². The Labute approximate surface area is 126 Å². The number of likely N-dealkylation sites (N-methyl/N-ethyl adjacent to an activating group) is 1. The summed E-state index contributed by atoms with van der Waals surface area (Å²) in [5.41, 5.74) is 3.24. The summed E-state index contributed by atoms with van der Waals surface area (Å²) >= 11 is 0. The lowest BCUT2D eigenvalue weighted by Crippen LogP contribution is -2.20. The van der Waals surface area contributed by atoms with Gasteiger partial charge in [0.25, 0.3) is 0 Å². The van der Waals surface area contributed by atoms with Crippen molar-refractivity contribution in [2.24, 2.45) is 0 Å². The number of methoxy groups -OCH3 is 1. The van der Waals surface area contributed by atoms with E-state index in [0.717, 1.165) is 25.3 Å². The highest BCUT2D eigenvalue weighted by atomic mass is 16.5. The van der Waals surface area contributed by atoms with E-state index < -0.39 is 0 Å². The van der Waals surface area contributed by atoms with Crippen molar-refractivity contribution in [1.82, 2.24) is 4.90 Å². The van der Waals surface area contributed by atoms with E-state index in [4.69, 9.17) is 10.00 Å². The maximum Gasteiger partial charge on any atom is 0.118 e. The van der Waals surface area contributed by atoms with E-state index in [0.29, 0.717) is 5.56 Å². The standard InChI is InChI=1S/C18H20N2O/c1-20(14-17-5-3-16(13-19)4-6-17)12-11-15-7-9-18(21-2)10-8-15/h3-10H,11-12,14H2,1-2H3. The van der Waals surface area contributed by atoms with Crippen LogP contribution >= 0.6 is 0 Å². The second-order valence-corrected chi connectivity index (χ2v) is 5.14. The molecule has 21 heavy (non-hydrogen) atoms. The molecule has 3 heteroatoms. The van der Waals surface area contributed by atoms with Crippen molar-refractivity contribution in [2.45, 2.75) is 13.0 Å². The summed E-state index contributed by atoms with van der Waals surface area (Å²) in [5.74, 6) is 0.893. The largest absolute Gasteiger partial charge is 0.497 e. The zero-order valence-corrected chi connectivity index (χ0v) is 12.5. The van der Waals surface area contributed by atoms with Crippen LogP contribution in [0.4, 0.5) is 0 Å². The molecule has 2 aromatic carbocycles. The molecule has 0 aliphatic heterocycles. The molecule has 0 amide bonds. The second-order valence-electron chi connectivity index (χ2n) is 5.14. The summed E-state index contributed by atoms with van der Waals surface area (Å²) in [6, 6.07) is 18.1. The Morgan fingerprint density at radius 1 is 1.00 bits per heavy atom. The zero-order valence-electron chi connectivity index (χ0n) is 12.5. The van der Waals surface area contributed by atoms with Crippen LogP contribution in [0.3, 0.4) is 0 Å². The predicted octanol–water partition coefficient (Wildman–Crippen LogP) is 3.24. The van der Waals surface area contributed by atoms with Crippen molar-refractivity contribution < 1.29 is 4.74 Å². The molecule has 0 bridgehead atoms. The van der Waals surface area contributed by atoms with Crippen LogP contribution in [0.1, 0.15) is 16.7 Å². The second kappa shape index (κ2) is 7.47. The minimum atomic E-state index is 0.708. The van der Waals surface area contributed by atoms with Gasteiger partial charge < -0.3 is 9.64 Å². The Bertz CT molecular complexity index is 597. The van der Waals surface area contributed by atoms with Gasteiger partial charge in [0.1, 0.15) is 5.75 Å². The number of hydrogen-bond donors (Lipinski definition) is 0. The summed E-state index contributed by atoms with van der Waals surface area (Å²) in [5, 5.41) is 8.79. The van der Waals surface area contributed by atoms with Crippen molar-refractivity contribution in [2.75, 3.05) is 20.7 Å². The van der Waals surface area contributed by atoms with Gasteiger partial charge in [0.15, 0.2) is 0 Å².